The minimum Gasteiger partial charge on any atom is -0.354 e. The Hall–Kier alpha value is -3.86. The van der Waals surface area contributed by atoms with Crippen molar-refractivity contribution in [3.8, 4) is 6.07 Å². The second-order valence-electron chi connectivity index (χ2n) is 7.09. The molecule has 29 heavy (non-hydrogen) atoms. The Kier molecular flexibility index (Phi) is 4.64. The van der Waals surface area contributed by atoms with E-state index in [1.807, 2.05) is 38.2 Å². The molecule has 0 atom stereocenters. The van der Waals surface area contributed by atoms with Crippen molar-refractivity contribution >= 4 is 28.9 Å². The molecule has 1 aromatic carbocycles. The van der Waals surface area contributed by atoms with Gasteiger partial charge in [0.2, 0.25) is 0 Å². The molecule has 1 aliphatic heterocycles. The first-order chi connectivity index (χ1) is 14.0. The quantitative estimate of drug-likeness (QED) is 0.714. The van der Waals surface area contributed by atoms with Gasteiger partial charge in [0.25, 0.3) is 5.91 Å². The number of aromatic nitrogens is 3. The number of nitrogens with zero attached hydrogens (tertiary/aromatic N) is 5. The number of nitriles is 1. The summed E-state index contributed by atoms with van der Waals surface area (Å²) in [5.74, 6) is 1.20. The van der Waals surface area contributed by atoms with E-state index >= 15 is 0 Å². The van der Waals surface area contributed by atoms with E-state index in [1.165, 1.54) is 6.20 Å². The van der Waals surface area contributed by atoms with Gasteiger partial charge in [0.1, 0.15) is 11.9 Å². The van der Waals surface area contributed by atoms with Crippen molar-refractivity contribution in [2.45, 2.75) is 13.3 Å². The standard InChI is InChI=1S/C21H21N7O/c1-13-9-19(26-28(13)3)25-18-10-17(15(11-22)12-23-18)24-16-6-4-5-14-7-8-27(2)21(29)20(14)16/h4-6,9-10,12H,7-8H2,1-3H3,(H2,23,24,25,26). The first kappa shape index (κ1) is 18.5. The Morgan fingerprint density at radius 1 is 1.14 bits per heavy atom. The fourth-order valence-electron chi connectivity index (χ4n) is 3.36. The van der Waals surface area contributed by atoms with Gasteiger partial charge in [-0.15, -0.1) is 0 Å². The van der Waals surface area contributed by atoms with Crippen molar-refractivity contribution in [1.29, 1.82) is 5.26 Å². The zero-order chi connectivity index (χ0) is 20.5. The second-order valence-corrected chi connectivity index (χ2v) is 7.09. The third kappa shape index (κ3) is 3.50. The van der Waals surface area contributed by atoms with E-state index in [9.17, 15) is 10.1 Å². The minimum atomic E-state index is -0.0239. The summed E-state index contributed by atoms with van der Waals surface area (Å²) in [5, 5.41) is 20.3. The van der Waals surface area contributed by atoms with Gasteiger partial charge in [-0.1, -0.05) is 12.1 Å². The molecule has 0 unspecified atom stereocenters. The molecular weight excluding hydrogens is 366 g/mol. The Balaban J connectivity index is 1.69. The molecule has 0 spiro atoms. The number of anilines is 4. The Morgan fingerprint density at radius 3 is 2.69 bits per heavy atom. The van der Waals surface area contributed by atoms with Gasteiger partial charge < -0.3 is 15.5 Å². The molecule has 2 aromatic heterocycles. The highest BCUT2D eigenvalue weighted by Gasteiger charge is 2.24. The molecule has 1 amide bonds. The number of aryl methyl sites for hydroxylation is 2. The van der Waals surface area contributed by atoms with E-state index in [-0.39, 0.29) is 5.91 Å². The molecule has 0 saturated carbocycles. The van der Waals surface area contributed by atoms with E-state index in [4.69, 9.17) is 0 Å². The summed E-state index contributed by atoms with van der Waals surface area (Å²) in [6, 6.07) is 11.6. The van der Waals surface area contributed by atoms with E-state index in [1.54, 1.807) is 22.7 Å². The van der Waals surface area contributed by atoms with Crippen molar-refractivity contribution < 1.29 is 4.79 Å². The third-order valence-corrected chi connectivity index (χ3v) is 5.09. The number of carbonyl (C=O) groups is 1. The van der Waals surface area contributed by atoms with Crippen molar-refractivity contribution in [3.63, 3.8) is 0 Å². The zero-order valence-electron chi connectivity index (χ0n) is 16.5. The van der Waals surface area contributed by atoms with Crippen LogP contribution in [0.3, 0.4) is 0 Å². The van der Waals surface area contributed by atoms with Gasteiger partial charge in [0.05, 0.1) is 22.5 Å². The van der Waals surface area contributed by atoms with Crippen molar-refractivity contribution in [2.75, 3.05) is 24.2 Å². The highest BCUT2D eigenvalue weighted by molar-refractivity contribution is 6.02. The van der Waals surface area contributed by atoms with Crippen molar-refractivity contribution in [3.05, 3.63) is 58.9 Å². The van der Waals surface area contributed by atoms with Crippen LogP contribution in [0.1, 0.15) is 27.2 Å². The molecular formula is C21H21N7O. The van der Waals surface area contributed by atoms with E-state index < -0.39 is 0 Å². The topological polar surface area (TPSA) is 98.9 Å². The van der Waals surface area contributed by atoms with Crippen molar-refractivity contribution in [1.82, 2.24) is 19.7 Å². The van der Waals surface area contributed by atoms with E-state index in [0.29, 0.717) is 40.7 Å². The van der Waals surface area contributed by atoms with Crippen LogP contribution in [0.5, 0.6) is 0 Å². The van der Waals surface area contributed by atoms with Crippen LogP contribution in [-0.4, -0.2) is 39.2 Å². The van der Waals surface area contributed by atoms with Gasteiger partial charge in [-0.25, -0.2) is 4.98 Å². The number of fused-ring (bicyclic) bond motifs is 1. The number of amides is 1. The maximum absolute atomic E-state index is 12.7. The summed E-state index contributed by atoms with van der Waals surface area (Å²) in [4.78, 5) is 18.7. The minimum absolute atomic E-state index is 0.0239. The summed E-state index contributed by atoms with van der Waals surface area (Å²) in [5.41, 5.74) is 4.32. The monoisotopic (exact) mass is 387 g/mol. The Labute approximate surface area is 168 Å². The van der Waals surface area contributed by atoms with Gasteiger partial charge >= 0.3 is 0 Å². The van der Waals surface area contributed by atoms with Crippen LogP contribution in [-0.2, 0) is 13.5 Å². The van der Waals surface area contributed by atoms with Crippen LogP contribution in [0.15, 0.2) is 36.5 Å². The van der Waals surface area contributed by atoms with Crippen LogP contribution in [0.4, 0.5) is 23.0 Å². The number of likely N-dealkylation sites (N-methyl/N-ethyl adjacent to an activating group) is 1. The molecule has 4 rings (SSSR count). The van der Waals surface area contributed by atoms with Crippen molar-refractivity contribution in [2.24, 2.45) is 7.05 Å². The average Bonchev–Trinajstić information content (AvgIpc) is 3.02. The molecule has 0 bridgehead atoms. The van der Waals surface area contributed by atoms with Crippen LogP contribution in [0.2, 0.25) is 0 Å². The van der Waals surface area contributed by atoms with E-state index in [2.05, 4.69) is 26.8 Å². The number of hydrogen-bond acceptors (Lipinski definition) is 6. The smallest absolute Gasteiger partial charge is 0.255 e. The largest absolute Gasteiger partial charge is 0.354 e. The fourth-order valence-corrected chi connectivity index (χ4v) is 3.36. The fraction of sp³-hybridized carbons (Fsp3) is 0.238. The molecule has 0 aliphatic carbocycles. The molecule has 146 valence electrons. The lowest BCUT2D eigenvalue weighted by Gasteiger charge is -2.27. The average molecular weight is 387 g/mol. The third-order valence-electron chi connectivity index (χ3n) is 5.09. The molecule has 0 saturated heterocycles. The van der Waals surface area contributed by atoms with Gasteiger partial charge in [0.15, 0.2) is 5.82 Å². The summed E-state index contributed by atoms with van der Waals surface area (Å²) >= 11 is 0. The zero-order valence-corrected chi connectivity index (χ0v) is 16.5. The number of benzene rings is 1. The summed E-state index contributed by atoms with van der Waals surface area (Å²) < 4.78 is 1.77. The van der Waals surface area contributed by atoms with E-state index in [0.717, 1.165) is 17.7 Å². The Morgan fingerprint density at radius 2 is 1.97 bits per heavy atom. The van der Waals surface area contributed by atoms with Gasteiger partial charge in [0, 0.05) is 44.7 Å². The Bertz CT molecular complexity index is 1120. The molecule has 3 aromatic rings. The highest BCUT2D eigenvalue weighted by atomic mass is 16.2. The molecule has 8 heteroatoms. The first-order valence-corrected chi connectivity index (χ1v) is 9.28. The number of rotatable bonds is 4. The molecule has 0 fully saturated rings. The first-order valence-electron chi connectivity index (χ1n) is 9.28. The van der Waals surface area contributed by atoms with Crippen LogP contribution in [0, 0.1) is 18.3 Å². The molecule has 2 N–H and O–H groups in total. The predicted molar refractivity (Wildman–Crippen MR) is 111 cm³/mol. The van der Waals surface area contributed by atoms with Crippen LogP contribution < -0.4 is 10.6 Å². The van der Waals surface area contributed by atoms with Crippen LogP contribution in [0.25, 0.3) is 0 Å². The molecule has 0 radical (unpaired) electrons. The summed E-state index contributed by atoms with van der Waals surface area (Å²) in [6.07, 6.45) is 2.31. The second kappa shape index (κ2) is 7.28. The number of carbonyl (C=O) groups excluding carboxylic acids is 1. The lowest BCUT2D eigenvalue weighted by Crippen LogP contribution is -2.34. The lowest BCUT2D eigenvalue weighted by atomic mass is 9.97. The SMILES string of the molecule is Cc1cc(Nc2cc(Nc3cccc4c3C(=O)N(C)CC4)c(C#N)cn2)nn1C. The molecule has 8 nitrogen and oxygen atoms in total. The molecule has 3 heterocycles. The maximum Gasteiger partial charge on any atom is 0.255 e. The number of nitrogens with one attached hydrogen (secondary N) is 2. The van der Waals surface area contributed by atoms with Gasteiger partial charge in [-0.05, 0) is 25.0 Å². The predicted octanol–water partition coefficient (Wildman–Crippen LogP) is 3.11. The van der Waals surface area contributed by atoms with Crippen LogP contribution >= 0.6 is 0 Å². The summed E-state index contributed by atoms with van der Waals surface area (Å²) in [6.45, 7) is 2.66. The number of pyridine rings is 1. The summed E-state index contributed by atoms with van der Waals surface area (Å²) in [7, 11) is 3.67. The normalized spacial score (nSPS) is 13.0. The lowest BCUT2D eigenvalue weighted by molar-refractivity contribution is 0.0782. The maximum atomic E-state index is 12.7. The van der Waals surface area contributed by atoms with Gasteiger partial charge in [-0.3, -0.25) is 9.48 Å². The number of hydrogen-bond donors (Lipinski definition) is 2. The molecule has 1 aliphatic rings. The van der Waals surface area contributed by atoms with Gasteiger partial charge in [-0.2, -0.15) is 10.4 Å². The highest BCUT2D eigenvalue weighted by Crippen LogP contribution is 2.30.